The van der Waals surface area contributed by atoms with Gasteiger partial charge in [0.2, 0.25) is 5.91 Å². The Bertz CT molecular complexity index is 444. The van der Waals surface area contributed by atoms with Gasteiger partial charge in [0.25, 0.3) is 0 Å². The summed E-state index contributed by atoms with van der Waals surface area (Å²) >= 11 is 0. The van der Waals surface area contributed by atoms with Crippen LogP contribution in [-0.4, -0.2) is 37.0 Å². The van der Waals surface area contributed by atoms with Crippen molar-refractivity contribution in [2.45, 2.75) is 24.9 Å². The summed E-state index contributed by atoms with van der Waals surface area (Å²) in [5.74, 6) is 1.04. The van der Waals surface area contributed by atoms with Gasteiger partial charge in [0.05, 0.1) is 7.11 Å². The van der Waals surface area contributed by atoms with E-state index in [0.717, 1.165) is 37.2 Å². The van der Waals surface area contributed by atoms with Crippen LogP contribution in [0.2, 0.25) is 0 Å². The third-order valence-electron chi connectivity index (χ3n) is 3.91. The van der Waals surface area contributed by atoms with Gasteiger partial charge in [-0.05, 0) is 30.5 Å². The van der Waals surface area contributed by atoms with Crippen molar-refractivity contribution in [1.29, 1.82) is 0 Å². The van der Waals surface area contributed by atoms with Gasteiger partial charge in [-0.15, -0.1) is 0 Å². The van der Waals surface area contributed by atoms with Crippen molar-refractivity contribution < 1.29 is 9.53 Å². The standard InChI is InChI=1S/C14H18N2O2/c1-18-12-6-4-10(5-7-12)13-14(17)16-8-2-3-11(16)9-15-13/h4-7,11,13,15H,2-3,8-9H2,1H3. The fourth-order valence-electron chi connectivity index (χ4n) is 2.90. The van der Waals surface area contributed by atoms with Gasteiger partial charge >= 0.3 is 0 Å². The molecule has 0 aliphatic carbocycles. The van der Waals surface area contributed by atoms with Crippen LogP contribution in [0.25, 0.3) is 0 Å². The largest absolute Gasteiger partial charge is 0.497 e. The molecule has 4 heteroatoms. The van der Waals surface area contributed by atoms with E-state index < -0.39 is 0 Å². The Balaban J connectivity index is 1.81. The molecule has 2 aliphatic rings. The number of nitrogens with one attached hydrogen (secondary N) is 1. The maximum absolute atomic E-state index is 12.4. The van der Waals surface area contributed by atoms with Crippen LogP contribution < -0.4 is 10.1 Å². The Labute approximate surface area is 107 Å². The molecule has 96 valence electrons. The summed E-state index contributed by atoms with van der Waals surface area (Å²) in [6, 6.07) is 7.95. The third-order valence-corrected chi connectivity index (χ3v) is 3.91. The number of amides is 1. The molecule has 2 heterocycles. The van der Waals surface area contributed by atoms with E-state index >= 15 is 0 Å². The van der Waals surface area contributed by atoms with Crippen molar-refractivity contribution in [2.75, 3.05) is 20.2 Å². The Hall–Kier alpha value is -1.55. The smallest absolute Gasteiger partial charge is 0.244 e. The number of ether oxygens (including phenoxy) is 1. The number of hydrogen-bond acceptors (Lipinski definition) is 3. The predicted octanol–water partition coefficient (Wildman–Crippen LogP) is 1.33. The topological polar surface area (TPSA) is 41.6 Å². The van der Waals surface area contributed by atoms with Crippen molar-refractivity contribution in [1.82, 2.24) is 10.2 Å². The first-order valence-corrected chi connectivity index (χ1v) is 6.47. The Morgan fingerprint density at radius 3 is 2.83 bits per heavy atom. The predicted molar refractivity (Wildman–Crippen MR) is 68.5 cm³/mol. The number of hydrogen-bond donors (Lipinski definition) is 1. The van der Waals surface area contributed by atoms with Gasteiger partial charge in [-0.25, -0.2) is 0 Å². The summed E-state index contributed by atoms with van der Waals surface area (Å²) < 4.78 is 5.14. The van der Waals surface area contributed by atoms with E-state index in [1.54, 1.807) is 7.11 Å². The van der Waals surface area contributed by atoms with Crippen LogP contribution in [0.3, 0.4) is 0 Å². The minimum absolute atomic E-state index is 0.190. The van der Waals surface area contributed by atoms with Gasteiger partial charge in [-0.1, -0.05) is 12.1 Å². The van der Waals surface area contributed by atoms with E-state index in [0.29, 0.717) is 6.04 Å². The maximum atomic E-state index is 12.4. The molecule has 2 saturated heterocycles. The molecule has 0 spiro atoms. The van der Waals surface area contributed by atoms with E-state index in [9.17, 15) is 4.79 Å². The van der Waals surface area contributed by atoms with Crippen molar-refractivity contribution >= 4 is 5.91 Å². The van der Waals surface area contributed by atoms with Crippen molar-refractivity contribution in [3.63, 3.8) is 0 Å². The summed E-state index contributed by atoms with van der Waals surface area (Å²) in [5, 5.41) is 3.36. The molecule has 0 aromatic heterocycles. The van der Waals surface area contributed by atoms with Crippen LogP contribution in [0.1, 0.15) is 24.4 Å². The highest BCUT2D eigenvalue weighted by atomic mass is 16.5. The van der Waals surface area contributed by atoms with E-state index in [4.69, 9.17) is 4.74 Å². The Morgan fingerprint density at radius 1 is 1.33 bits per heavy atom. The number of piperazine rings is 1. The van der Waals surface area contributed by atoms with Crippen LogP contribution in [0, 0.1) is 0 Å². The summed E-state index contributed by atoms with van der Waals surface area (Å²) in [4.78, 5) is 14.4. The van der Waals surface area contributed by atoms with Gasteiger partial charge in [0.1, 0.15) is 11.8 Å². The van der Waals surface area contributed by atoms with Crippen molar-refractivity contribution in [3.8, 4) is 5.75 Å². The fourth-order valence-corrected chi connectivity index (χ4v) is 2.90. The number of carbonyl (C=O) groups excluding carboxylic acids is 1. The van der Waals surface area contributed by atoms with E-state index in [2.05, 4.69) is 5.32 Å². The first-order chi connectivity index (χ1) is 8.79. The molecule has 2 unspecified atom stereocenters. The molecule has 18 heavy (non-hydrogen) atoms. The number of benzene rings is 1. The lowest BCUT2D eigenvalue weighted by Crippen LogP contribution is -2.53. The van der Waals surface area contributed by atoms with Crippen LogP contribution in [0.5, 0.6) is 5.75 Å². The van der Waals surface area contributed by atoms with Crippen LogP contribution in [0.15, 0.2) is 24.3 Å². The molecule has 1 aromatic carbocycles. The molecule has 1 amide bonds. The summed E-state index contributed by atoms with van der Waals surface area (Å²) in [6.07, 6.45) is 2.27. The normalized spacial score (nSPS) is 27.2. The zero-order valence-corrected chi connectivity index (χ0v) is 10.6. The molecule has 2 fully saturated rings. The lowest BCUT2D eigenvalue weighted by atomic mass is 10.0. The van der Waals surface area contributed by atoms with Crippen LogP contribution >= 0.6 is 0 Å². The lowest BCUT2D eigenvalue weighted by Gasteiger charge is -2.35. The molecule has 2 atom stereocenters. The summed E-state index contributed by atoms with van der Waals surface area (Å²) in [6.45, 7) is 1.82. The van der Waals surface area contributed by atoms with Crippen LogP contribution in [0.4, 0.5) is 0 Å². The summed E-state index contributed by atoms with van der Waals surface area (Å²) in [7, 11) is 1.65. The average molecular weight is 246 g/mol. The van der Waals surface area contributed by atoms with Gasteiger partial charge < -0.3 is 15.0 Å². The van der Waals surface area contributed by atoms with E-state index in [-0.39, 0.29) is 11.9 Å². The molecule has 4 nitrogen and oxygen atoms in total. The molecule has 0 radical (unpaired) electrons. The zero-order chi connectivity index (χ0) is 12.5. The minimum atomic E-state index is -0.190. The fraction of sp³-hybridized carbons (Fsp3) is 0.500. The number of methoxy groups -OCH3 is 1. The Morgan fingerprint density at radius 2 is 2.11 bits per heavy atom. The molecule has 1 aromatic rings. The zero-order valence-electron chi connectivity index (χ0n) is 10.6. The molecule has 1 N–H and O–H groups in total. The Kier molecular flexibility index (Phi) is 2.96. The monoisotopic (exact) mass is 246 g/mol. The van der Waals surface area contributed by atoms with Gasteiger partial charge in [0.15, 0.2) is 0 Å². The second-order valence-electron chi connectivity index (χ2n) is 4.94. The molecular formula is C14H18N2O2. The number of rotatable bonds is 2. The highest BCUT2D eigenvalue weighted by Gasteiger charge is 2.38. The summed E-state index contributed by atoms with van der Waals surface area (Å²) in [5.41, 5.74) is 1.02. The van der Waals surface area contributed by atoms with Gasteiger partial charge in [-0.2, -0.15) is 0 Å². The third kappa shape index (κ3) is 1.86. The second kappa shape index (κ2) is 4.61. The van der Waals surface area contributed by atoms with E-state index in [1.165, 1.54) is 0 Å². The first kappa shape index (κ1) is 11.5. The molecule has 3 rings (SSSR count). The van der Waals surface area contributed by atoms with Crippen molar-refractivity contribution in [2.24, 2.45) is 0 Å². The van der Waals surface area contributed by atoms with Gasteiger partial charge in [-0.3, -0.25) is 4.79 Å². The molecule has 2 aliphatic heterocycles. The SMILES string of the molecule is COc1ccc(C2NCC3CCCN3C2=O)cc1. The molecular weight excluding hydrogens is 228 g/mol. The number of carbonyl (C=O) groups is 1. The van der Waals surface area contributed by atoms with Crippen LogP contribution in [-0.2, 0) is 4.79 Å². The molecule has 0 saturated carbocycles. The van der Waals surface area contributed by atoms with Crippen molar-refractivity contribution in [3.05, 3.63) is 29.8 Å². The second-order valence-corrected chi connectivity index (χ2v) is 4.94. The minimum Gasteiger partial charge on any atom is -0.497 e. The average Bonchev–Trinajstić information content (AvgIpc) is 2.89. The number of nitrogens with zero attached hydrogens (tertiary/aromatic N) is 1. The van der Waals surface area contributed by atoms with E-state index in [1.807, 2.05) is 29.2 Å². The lowest BCUT2D eigenvalue weighted by molar-refractivity contribution is -0.137. The quantitative estimate of drug-likeness (QED) is 0.856. The number of fused-ring (bicyclic) bond motifs is 1. The maximum Gasteiger partial charge on any atom is 0.244 e. The molecule has 0 bridgehead atoms. The highest BCUT2D eigenvalue weighted by molar-refractivity contribution is 5.84. The van der Waals surface area contributed by atoms with Gasteiger partial charge in [0, 0.05) is 19.1 Å². The highest BCUT2D eigenvalue weighted by Crippen LogP contribution is 2.28. The first-order valence-electron chi connectivity index (χ1n) is 6.47.